The standard InChI is InChI=1S/C23H25FN2O4/c24-20-14-16(13-17(15-27)21(20)28)22(29)26-11-7-23(30,8-12-26)18-3-5-19(6-4-18)25-9-1-2-10-25/h3-6,13-15,28,30H,1-2,7-12H2. The molecule has 0 bridgehead atoms. The lowest BCUT2D eigenvalue weighted by Crippen LogP contribution is -2.45. The van der Waals surface area contributed by atoms with Crippen LogP contribution >= 0.6 is 0 Å². The summed E-state index contributed by atoms with van der Waals surface area (Å²) >= 11 is 0. The highest BCUT2D eigenvalue weighted by Gasteiger charge is 2.36. The summed E-state index contributed by atoms with van der Waals surface area (Å²) in [7, 11) is 0. The summed E-state index contributed by atoms with van der Waals surface area (Å²) in [5.74, 6) is -2.19. The van der Waals surface area contributed by atoms with E-state index in [4.69, 9.17) is 0 Å². The monoisotopic (exact) mass is 412 g/mol. The topological polar surface area (TPSA) is 81.1 Å². The first-order chi connectivity index (χ1) is 14.4. The highest BCUT2D eigenvalue weighted by molar-refractivity contribution is 5.96. The summed E-state index contributed by atoms with van der Waals surface area (Å²) in [4.78, 5) is 27.6. The van der Waals surface area contributed by atoms with Crippen molar-refractivity contribution < 1.29 is 24.2 Å². The number of rotatable bonds is 4. The number of carbonyl (C=O) groups excluding carboxylic acids is 2. The number of phenolic OH excluding ortho intramolecular Hbond substituents is 1. The first-order valence-electron chi connectivity index (χ1n) is 10.3. The van der Waals surface area contributed by atoms with E-state index in [1.54, 1.807) is 0 Å². The van der Waals surface area contributed by atoms with Gasteiger partial charge < -0.3 is 20.0 Å². The van der Waals surface area contributed by atoms with E-state index in [2.05, 4.69) is 4.90 Å². The Labute approximate surface area is 174 Å². The molecule has 2 aliphatic heterocycles. The van der Waals surface area contributed by atoms with Crippen molar-refractivity contribution in [3.63, 3.8) is 0 Å². The van der Waals surface area contributed by atoms with Crippen LogP contribution in [-0.4, -0.2) is 53.5 Å². The zero-order valence-electron chi connectivity index (χ0n) is 16.7. The molecule has 2 aromatic carbocycles. The summed E-state index contributed by atoms with van der Waals surface area (Å²) in [5.41, 5.74) is 0.719. The van der Waals surface area contributed by atoms with E-state index in [9.17, 15) is 24.2 Å². The van der Waals surface area contributed by atoms with Crippen LogP contribution in [-0.2, 0) is 5.60 Å². The van der Waals surface area contributed by atoms with E-state index in [0.717, 1.165) is 30.4 Å². The predicted molar refractivity (Wildman–Crippen MR) is 110 cm³/mol. The molecule has 0 unspecified atom stereocenters. The van der Waals surface area contributed by atoms with Crippen LogP contribution in [0.2, 0.25) is 0 Å². The number of aldehydes is 1. The van der Waals surface area contributed by atoms with Crippen LogP contribution < -0.4 is 4.90 Å². The molecule has 2 saturated heterocycles. The summed E-state index contributed by atoms with van der Waals surface area (Å²) in [6, 6.07) is 10.1. The Balaban J connectivity index is 1.44. The maximum absolute atomic E-state index is 13.8. The van der Waals surface area contributed by atoms with Crippen LogP contribution in [0.4, 0.5) is 10.1 Å². The molecule has 158 valence electrons. The van der Waals surface area contributed by atoms with Gasteiger partial charge in [-0.2, -0.15) is 0 Å². The van der Waals surface area contributed by atoms with E-state index in [1.807, 2.05) is 24.3 Å². The lowest BCUT2D eigenvalue weighted by Gasteiger charge is -2.38. The molecule has 2 fully saturated rings. The molecule has 2 N–H and O–H groups in total. The smallest absolute Gasteiger partial charge is 0.253 e. The molecule has 4 rings (SSSR count). The van der Waals surface area contributed by atoms with Crippen molar-refractivity contribution in [1.82, 2.24) is 4.90 Å². The number of nitrogens with zero attached hydrogens (tertiary/aromatic N) is 2. The highest BCUT2D eigenvalue weighted by atomic mass is 19.1. The first kappa shape index (κ1) is 20.3. The zero-order valence-corrected chi connectivity index (χ0v) is 16.7. The lowest BCUT2D eigenvalue weighted by atomic mass is 9.84. The Hall–Kier alpha value is -2.93. The van der Waals surface area contributed by atoms with Crippen molar-refractivity contribution in [2.45, 2.75) is 31.3 Å². The molecule has 0 spiro atoms. The molecule has 2 aliphatic rings. The van der Waals surface area contributed by atoms with Gasteiger partial charge in [0.25, 0.3) is 5.91 Å². The van der Waals surface area contributed by atoms with E-state index in [0.29, 0.717) is 32.2 Å². The van der Waals surface area contributed by atoms with E-state index >= 15 is 0 Å². The molecule has 6 nitrogen and oxygen atoms in total. The second-order valence-corrected chi connectivity index (χ2v) is 8.08. The molecule has 0 aliphatic carbocycles. The van der Waals surface area contributed by atoms with Crippen molar-refractivity contribution >= 4 is 17.9 Å². The van der Waals surface area contributed by atoms with Crippen molar-refractivity contribution in [2.24, 2.45) is 0 Å². The molecular weight excluding hydrogens is 387 g/mol. The van der Waals surface area contributed by atoms with Gasteiger partial charge in [0.05, 0.1) is 11.2 Å². The largest absolute Gasteiger partial charge is 0.504 e. The Morgan fingerprint density at radius 3 is 2.27 bits per heavy atom. The molecular formula is C23H25FN2O4. The predicted octanol–water partition coefficient (Wildman–Crippen LogP) is 3.07. The average Bonchev–Trinajstić information content (AvgIpc) is 3.31. The first-order valence-corrected chi connectivity index (χ1v) is 10.3. The number of hydrogen-bond donors (Lipinski definition) is 2. The van der Waals surface area contributed by atoms with Crippen molar-refractivity contribution in [3.05, 3.63) is 58.9 Å². The summed E-state index contributed by atoms with van der Waals surface area (Å²) in [6.45, 7) is 2.74. The van der Waals surface area contributed by atoms with Crippen LogP contribution in [0.1, 0.15) is 52.0 Å². The molecule has 2 aromatic rings. The van der Waals surface area contributed by atoms with Crippen LogP contribution in [0.3, 0.4) is 0 Å². The number of amides is 1. The van der Waals surface area contributed by atoms with Crippen molar-refractivity contribution in [2.75, 3.05) is 31.1 Å². The minimum Gasteiger partial charge on any atom is -0.504 e. The van der Waals surface area contributed by atoms with Crippen LogP contribution in [0.25, 0.3) is 0 Å². The Bertz CT molecular complexity index is 946. The van der Waals surface area contributed by atoms with E-state index in [-0.39, 0.29) is 11.1 Å². The third kappa shape index (κ3) is 3.77. The minimum absolute atomic E-state index is 0.00723. The van der Waals surface area contributed by atoms with Crippen LogP contribution in [0, 0.1) is 5.82 Å². The molecule has 7 heteroatoms. The molecule has 0 atom stereocenters. The van der Waals surface area contributed by atoms with Crippen molar-refractivity contribution in [1.29, 1.82) is 0 Å². The third-order valence-corrected chi connectivity index (χ3v) is 6.22. The van der Waals surface area contributed by atoms with Gasteiger partial charge in [-0.05, 0) is 55.5 Å². The molecule has 2 heterocycles. The van der Waals surface area contributed by atoms with E-state index < -0.39 is 23.1 Å². The van der Waals surface area contributed by atoms with Gasteiger partial charge in [0.15, 0.2) is 17.9 Å². The third-order valence-electron chi connectivity index (χ3n) is 6.22. The Kier molecular flexibility index (Phi) is 5.47. The number of phenols is 1. The van der Waals surface area contributed by atoms with E-state index in [1.165, 1.54) is 23.8 Å². The van der Waals surface area contributed by atoms with Gasteiger partial charge in [-0.1, -0.05) is 12.1 Å². The Morgan fingerprint density at radius 2 is 1.67 bits per heavy atom. The molecule has 0 saturated carbocycles. The number of benzene rings is 2. The van der Waals surface area contributed by atoms with Crippen LogP contribution in [0.5, 0.6) is 5.75 Å². The molecule has 30 heavy (non-hydrogen) atoms. The molecule has 0 radical (unpaired) electrons. The van der Waals surface area contributed by atoms with Gasteiger partial charge in [0.1, 0.15) is 0 Å². The number of halogens is 1. The number of aliphatic hydroxyl groups is 1. The quantitative estimate of drug-likeness (QED) is 0.755. The highest BCUT2D eigenvalue weighted by Crippen LogP contribution is 2.35. The maximum atomic E-state index is 13.8. The number of carbonyl (C=O) groups is 2. The average molecular weight is 412 g/mol. The fourth-order valence-electron chi connectivity index (χ4n) is 4.34. The second-order valence-electron chi connectivity index (χ2n) is 8.08. The number of anilines is 1. The zero-order chi connectivity index (χ0) is 21.3. The van der Waals surface area contributed by atoms with Gasteiger partial charge >= 0.3 is 0 Å². The Morgan fingerprint density at radius 1 is 1.03 bits per heavy atom. The minimum atomic E-state index is -1.02. The molecule has 0 aromatic heterocycles. The van der Waals surface area contributed by atoms with Gasteiger partial charge in [-0.25, -0.2) is 4.39 Å². The number of hydrogen-bond acceptors (Lipinski definition) is 5. The maximum Gasteiger partial charge on any atom is 0.253 e. The number of likely N-dealkylation sites (tertiary alicyclic amines) is 1. The summed E-state index contributed by atoms with van der Waals surface area (Å²) in [6.07, 6.45) is 3.45. The summed E-state index contributed by atoms with van der Waals surface area (Å²) in [5, 5.41) is 20.7. The summed E-state index contributed by atoms with van der Waals surface area (Å²) < 4.78 is 13.8. The molecule has 1 amide bonds. The number of aromatic hydroxyl groups is 1. The van der Waals surface area contributed by atoms with Gasteiger partial charge in [0.2, 0.25) is 0 Å². The SMILES string of the molecule is O=Cc1cc(C(=O)N2CCC(O)(c3ccc(N4CCCC4)cc3)CC2)cc(F)c1O. The fraction of sp³-hybridized carbons (Fsp3) is 0.391. The van der Waals surface area contributed by atoms with Gasteiger partial charge in [-0.15, -0.1) is 0 Å². The van der Waals surface area contributed by atoms with Gasteiger partial charge in [0, 0.05) is 37.4 Å². The van der Waals surface area contributed by atoms with Gasteiger partial charge in [-0.3, -0.25) is 9.59 Å². The lowest BCUT2D eigenvalue weighted by molar-refractivity contribution is -0.0211. The van der Waals surface area contributed by atoms with Crippen molar-refractivity contribution in [3.8, 4) is 5.75 Å². The second kappa shape index (κ2) is 8.07. The fourth-order valence-corrected chi connectivity index (χ4v) is 4.34. The van der Waals surface area contributed by atoms with Crippen LogP contribution in [0.15, 0.2) is 36.4 Å². The normalized spacial score (nSPS) is 18.5. The number of piperidine rings is 1.